The van der Waals surface area contributed by atoms with Gasteiger partial charge in [0, 0.05) is 18.5 Å². The third-order valence-corrected chi connectivity index (χ3v) is 5.10. The number of halogens is 1. The molecule has 0 radical (unpaired) electrons. The van der Waals surface area contributed by atoms with E-state index in [1.807, 2.05) is 19.1 Å². The Bertz CT molecular complexity index is 885. The number of hydrogen-bond donors (Lipinski definition) is 0. The minimum absolute atomic E-state index is 0.706. The number of rotatable bonds is 8. The summed E-state index contributed by atoms with van der Waals surface area (Å²) in [5.74, 6) is 1.07. The highest BCUT2D eigenvalue weighted by Crippen LogP contribution is 2.32. The molecule has 2 aromatic heterocycles. The molecule has 3 rings (SSSR count). The Balaban J connectivity index is 1.97. The summed E-state index contributed by atoms with van der Waals surface area (Å²) in [6, 6.07) is 6.05. The van der Waals surface area contributed by atoms with Gasteiger partial charge in [-0.1, -0.05) is 63.3 Å². The minimum atomic E-state index is 0.706. The van der Waals surface area contributed by atoms with Gasteiger partial charge in [-0.2, -0.15) is 0 Å². The van der Waals surface area contributed by atoms with E-state index in [4.69, 9.17) is 16.6 Å². The minimum Gasteiger partial charge on any atom is -0.313 e. The lowest BCUT2D eigenvalue weighted by atomic mass is 10.1. The van der Waals surface area contributed by atoms with Crippen LogP contribution in [-0.4, -0.2) is 19.5 Å². The smallest absolute Gasteiger partial charge is 0.164 e. The molecule has 0 atom stereocenters. The molecule has 138 valence electrons. The monoisotopic (exact) mass is 370 g/mol. The molecule has 0 aliphatic heterocycles. The van der Waals surface area contributed by atoms with Crippen LogP contribution in [0.2, 0.25) is 5.02 Å². The van der Waals surface area contributed by atoms with Crippen molar-refractivity contribution in [3.63, 3.8) is 0 Å². The van der Waals surface area contributed by atoms with Crippen LogP contribution in [0.15, 0.2) is 24.5 Å². The van der Waals surface area contributed by atoms with Crippen molar-refractivity contribution in [2.45, 2.75) is 65.8 Å². The van der Waals surface area contributed by atoms with E-state index in [9.17, 15) is 0 Å². The molecule has 5 heteroatoms. The average Bonchev–Trinajstić information content (AvgIpc) is 3.00. The van der Waals surface area contributed by atoms with Crippen LogP contribution >= 0.6 is 11.6 Å². The average molecular weight is 371 g/mol. The third kappa shape index (κ3) is 3.90. The molecule has 3 aromatic rings. The Hall–Kier alpha value is -1.94. The fourth-order valence-electron chi connectivity index (χ4n) is 3.37. The number of aromatic nitrogens is 4. The van der Waals surface area contributed by atoms with Crippen molar-refractivity contribution in [3.8, 4) is 11.3 Å². The highest BCUT2D eigenvalue weighted by molar-refractivity contribution is 6.33. The number of hydrogen-bond acceptors (Lipinski definition) is 3. The zero-order valence-corrected chi connectivity index (χ0v) is 16.7. The predicted octanol–water partition coefficient (Wildman–Crippen LogP) is 5.99. The van der Waals surface area contributed by atoms with E-state index in [1.54, 1.807) is 6.33 Å². The van der Waals surface area contributed by atoms with Gasteiger partial charge in [-0.15, -0.1) is 0 Å². The highest BCUT2D eigenvalue weighted by Gasteiger charge is 2.17. The second kappa shape index (κ2) is 8.63. The summed E-state index contributed by atoms with van der Waals surface area (Å²) in [4.78, 5) is 13.9. The topological polar surface area (TPSA) is 43.6 Å². The molecule has 2 heterocycles. The lowest BCUT2D eigenvalue weighted by molar-refractivity contribution is 0.561. The number of aryl methyl sites for hydroxylation is 3. The summed E-state index contributed by atoms with van der Waals surface area (Å²) in [6.07, 6.45) is 8.78. The SMILES string of the molecule is CCCCCCCn1c(CC)nc2c(-c3ccc(C)cc3Cl)ncnc21. The van der Waals surface area contributed by atoms with Crippen molar-refractivity contribution in [3.05, 3.63) is 40.9 Å². The molecule has 0 N–H and O–H groups in total. The molecule has 0 aliphatic rings. The van der Waals surface area contributed by atoms with Gasteiger partial charge < -0.3 is 4.57 Å². The number of benzene rings is 1. The molecule has 0 unspecified atom stereocenters. The summed E-state index contributed by atoms with van der Waals surface area (Å²) in [7, 11) is 0. The van der Waals surface area contributed by atoms with Crippen molar-refractivity contribution < 1.29 is 0 Å². The number of unbranched alkanes of at least 4 members (excludes halogenated alkanes) is 4. The maximum atomic E-state index is 6.48. The maximum absolute atomic E-state index is 6.48. The second-order valence-corrected chi connectivity index (χ2v) is 7.23. The molecular weight excluding hydrogens is 344 g/mol. The Labute approximate surface area is 160 Å². The third-order valence-electron chi connectivity index (χ3n) is 4.79. The van der Waals surface area contributed by atoms with Crippen LogP contribution in [0.25, 0.3) is 22.4 Å². The maximum Gasteiger partial charge on any atom is 0.164 e. The van der Waals surface area contributed by atoms with Gasteiger partial charge in [-0.25, -0.2) is 15.0 Å². The fraction of sp³-hybridized carbons (Fsp3) is 0.476. The van der Waals surface area contributed by atoms with Crippen LogP contribution in [-0.2, 0) is 13.0 Å². The molecule has 0 spiro atoms. The lowest BCUT2D eigenvalue weighted by Gasteiger charge is -2.08. The normalized spacial score (nSPS) is 11.4. The van der Waals surface area contributed by atoms with Gasteiger partial charge in [0.25, 0.3) is 0 Å². The van der Waals surface area contributed by atoms with E-state index in [1.165, 1.54) is 25.7 Å². The molecule has 1 aromatic carbocycles. The molecule has 0 bridgehead atoms. The van der Waals surface area contributed by atoms with E-state index in [-0.39, 0.29) is 0 Å². The zero-order chi connectivity index (χ0) is 18.5. The Kier molecular flexibility index (Phi) is 6.25. The number of imidazole rings is 1. The Morgan fingerprint density at radius 2 is 1.85 bits per heavy atom. The summed E-state index contributed by atoms with van der Waals surface area (Å²) in [5.41, 5.74) is 4.64. The van der Waals surface area contributed by atoms with Gasteiger partial charge in [-0.3, -0.25) is 0 Å². The highest BCUT2D eigenvalue weighted by atomic mass is 35.5. The van der Waals surface area contributed by atoms with Crippen LogP contribution in [0.5, 0.6) is 0 Å². The first-order valence-corrected chi connectivity index (χ1v) is 10.00. The summed E-state index contributed by atoms with van der Waals surface area (Å²) >= 11 is 6.48. The predicted molar refractivity (Wildman–Crippen MR) is 109 cm³/mol. The first-order valence-electron chi connectivity index (χ1n) is 9.62. The second-order valence-electron chi connectivity index (χ2n) is 6.83. The standard InChI is InChI=1S/C21H27ClN4/c1-4-6-7-8-9-12-26-18(5-2)25-20-19(23-14-24-21(20)26)16-11-10-15(3)13-17(16)22/h10-11,13-14H,4-9,12H2,1-3H3. The lowest BCUT2D eigenvalue weighted by Crippen LogP contribution is -2.04. The van der Waals surface area contributed by atoms with Gasteiger partial charge in [0.05, 0.1) is 5.02 Å². The first-order chi connectivity index (χ1) is 12.7. The van der Waals surface area contributed by atoms with E-state index >= 15 is 0 Å². The van der Waals surface area contributed by atoms with Crippen molar-refractivity contribution in [2.75, 3.05) is 0 Å². The van der Waals surface area contributed by atoms with Crippen molar-refractivity contribution >= 4 is 22.8 Å². The first kappa shape index (κ1) is 18.8. The van der Waals surface area contributed by atoms with Gasteiger partial charge >= 0.3 is 0 Å². The van der Waals surface area contributed by atoms with Gasteiger partial charge in [0.15, 0.2) is 5.65 Å². The van der Waals surface area contributed by atoms with Crippen LogP contribution < -0.4 is 0 Å². The van der Waals surface area contributed by atoms with Crippen LogP contribution in [0, 0.1) is 6.92 Å². The summed E-state index contributed by atoms with van der Waals surface area (Å²) in [6.45, 7) is 7.38. The Morgan fingerprint density at radius 3 is 2.58 bits per heavy atom. The molecule has 0 amide bonds. The zero-order valence-electron chi connectivity index (χ0n) is 15.9. The fourth-order valence-corrected chi connectivity index (χ4v) is 3.69. The summed E-state index contributed by atoms with van der Waals surface area (Å²) in [5, 5.41) is 0.706. The molecule has 0 aliphatic carbocycles. The molecule has 0 saturated carbocycles. The van der Waals surface area contributed by atoms with Crippen molar-refractivity contribution in [1.29, 1.82) is 0 Å². The molecular formula is C21H27ClN4. The molecule has 4 nitrogen and oxygen atoms in total. The number of fused-ring (bicyclic) bond motifs is 1. The van der Waals surface area contributed by atoms with Crippen molar-refractivity contribution in [2.24, 2.45) is 0 Å². The van der Waals surface area contributed by atoms with E-state index in [0.29, 0.717) is 5.02 Å². The van der Waals surface area contributed by atoms with Gasteiger partial charge in [0.1, 0.15) is 23.4 Å². The molecule has 0 saturated heterocycles. The molecule has 26 heavy (non-hydrogen) atoms. The molecule has 0 fully saturated rings. The van der Waals surface area contributed by atoms with Crippen LogP contribution in [0.4, 0.5) is 0 Å². The van der Waals surface area contributed by atoms with Crippen LogP contribution in [0.3, 0.4) is 0 Å². The van der Waals surface area contributed by atoms with Gasteiger partial charge in [-0.05, 0) is 25.0 Å². The van der Waals surface area contributed by atoms with Crippen molar-refractivity contribution in [1.82, 2.24) is 19.5 Å². The summed E-state index contributed by atoms with van der Waals surface area (Å²) < 4.78 is 2.26. The largest absolute Gasteiger partial charge is 0.313 e. The van der Waals surface area contributed by atoms with Gasteiger partial charge in [0.2, 0.25) is 0 Å². The quantitative estimate of drug-likeness (QED) is 0.457. The van der Waals surface area contributed by atoms with E-state index in [2.05, 4.69) is 34.4 Å². The van der Waals surface area contributed by atoms with E-state index < -0.39 is 0 Å². The number of nitrogens with zero attached hydrogens (tertiary/aromatic N) is 4. The van der Waals surface area contributed by atoms with Crippen LogP contribution in [0.1, 0.15) is 57.3 Å². The Morgan fingerprint density at radius 1 is 1.04 bits per heavy atom. The van der Waals surface area contributed by atoms with E-state index in [0.717, 1.165) is 53.2 Å².